The highest BCUT2D eigenvalue weighted by Gasteiger charge is 2.07. The predicted octanol–water partition coefficient (Wildman–Crippen LogP) is 3.53. The normalized spacial score (nSPS) is 10.2. The number of hydrogen-bond donors (Lipinski definition) is 0. The van der Waals surface area contributed by atoms with Gasteiger partial charge in [-0.3, -0.25) is 4.79 Å². The lowest BCUT2D eigenvalue weighted by molar-refractivity contribution is 0.101. The first-order chi connectivity index (χ1) is 9.58. The number of para-hydroxylation sites is 1. The number of carbonyl (C=O) groups excluding carboxylic acids is 1. The van der Waals surface area contributed by atoms with Gasteiger partial charge in [0.2, 0.25) is 0 Å². The van der Waals surface area contributed by atoms with E-state index in [2.05, 4.69) is 17.0 Å². The summed E-state index contributed by atoms with van der Waals surface area (Å²) in [6.45, 7) is 2.01. The molecule has 0 amide bonds. The molecule has 0 fully saturated rings. The average Bonchev–Trinajstić information content (AvgIpc) is 2.45. The van der Waals surface area contributed by atoms with Crippen LogP contribution in [-0.4, -0.2) is 19.9 Å². The summed E-state index contributed by atoms with van der Waals surface area (Å²) in [7, 11) is 4.02. The number of ketones is 1. The fraction of sp³-hybridized carbons (Fsp3) is 0.235. The molecule has 0 aliphatic rings. The first-order valence-corrected chi connectivity index (χ1v) is 6.57. The highest BCUT2D eigenvalue weighted by molar-refractivity contribution is 5.96. The molecular weight excluding hydrogens is 250 g/mol. The summed E-state index contributed by atoms with van der Waals surface area (Å²) in [6.07, 6.45) is 0. The second-order valence-electron chi connectivity index (χ2n) is 4.90. The Kier molecular flexibility index (Phi) is 4.41. The Balaban J connectivity index is 2.07. The SMILES string of the molecule is CC(=O)c1ccccc1OCc1ccc(N(C)C)cc1. The van der Waals surface area contributed by atoms with Gasteiger partial charge in [-0.1, -0.05) is 24.3 Å². The molecule has 0 saturated carbocycles. The maximum Gasteiger partial charge on any atom is 0.163 e. The summed E-state index contributed by atoms with van der Waals surface area (Å²) < 4.78 is 5.75. The Morgan fingerprint density at radius 2 is 1.70 bits per heavy atom. The van der Waals surface area contributed by atoms with Gasteiger partial charge in [-0.2, -0.15) is 0 Å². The van der Waals surface area contributed by atoms with Crippen LogP contribution in [0.5, 0.6) is 5.75 Å². The van der Waals surface area contributed by atoms with Crippen molar-refractivity contribution in [1.29, 1.82) is 0 Å². The van der Waals surface area contributed by atoms with Crippen LogP contribution in [-0.2, 0) is 6.61 Å². The van der Waals surface area contributed by atoms with Gasteiger partial charge in [0.25, 0.3) is 0 Å². The molecule has 0 N–H and O–H groups in total. The maximum atomic E-state index is 11.5. The Morgan fingerprint density at radius 1 is 1.05 bits per heavy atom. The van der Waals surface area contributed by atoms with Gasteiger partial charge in [-0.15, -0.1) is 0 Å². The van der Waals surface area contributed by atoms with Gasteiger partial charge in [-0.05, 0) is 36.8 Å². The molecule has 0 aliphatic carbocycles. The lowest BCUT2D eigenvalue weighted by atomic mass is 10.1. The van der Waals surface area contributed by atoms with E-state index >= 15 is 0 Å². The average molecular weight is 269 g/mol. The van der Waals surface area contributed by atoms with Crippen molar-refractivity contribution in [3.8, 4) is 5.75 Å². The summed E-state index contributed by atoms with van der Waals surface area (Å²) in [5.74, 6) is 0.653. The predicted molar refractivity (Wildman–Crippen MR) is 81.5 cm³/mol. The van der Waals surface area contributed by atoms with Crippen LogP contribution in [0.4, 0.5) is 5.69 Å². The Bertz CT molecular complexity index is 588. The maximum absolute atomic E-state index is 11.5. The van der Waals surface area contributed by atoms with Gasteiger partial charge in [0.15, 0.2) is 5.78 Å². The third-order valence-electron chi connectivity index (χ3n) is 3.11. The summed E-state index contributed by atoms with van der Waals surface area (Å²) in [6, 6.07) is 15.5. The molecule has 0 heterocycles. The third-order valence-corrected chi connectivity index (χ3v) is 3.11. The second-order valence-corrected chi connectivity index (χ2v) is 4.90. The smallest absolute Gasteiger partial charge is 0.163 e. The number of rotatable bonds is 5. The molecular formula is C17H19NO2. The topological polar surface area (TPSA) is 29.5 Å². The monoisotopic (exact) mass is 269 g/mol. The third kappa shape index (κ3) is 3.38. The van der Waals surface area contributed by atoms with Gasteiger partial charge in [0.05, 0.1) is 5.56 Å². The van der Waals surface area contributed by atoms with E-state index in [-0.39, 0.29) is 5.78 Å². The van der Waals surface area contributed by atoms with Crippen LogP contribution < -0.4 is 9.64 Å². The van der Waals surface area contributed by atoms with Crippen LogP contribution in [0.1, 0.15) is 22.8 Å². The number of anilines is 1. The van der Waals surface area contributed by atoms with Crippen molar-refractivity contribution >= 4 is 11.5 Å². The fourth-order valence-electron chi connectivity index (χ4n) is 1.93. The van der Waals surface area contributed by atoms with E-state index in [9.17, 15) is 4.79 Å². The van der Waals surface area contributed by atoms with Crippen LogP contribution in [0.25, 0.3) is 0 Å². The Morgan fingerprint density at radius 3 is 2.30 bits per heavy atom. The molecule has 3 heteroatoms. The summed E-state index contributed by atoms with van der Waals surface area (Å²) in [4.78, 5) is 13.6. The zero-order valence-electron chi connectivity index (χ0n) is 12.1. The largest absolute Gasteiger partial charge is 0.488 e. The molecule has 0 spiro atoms. The number of benzene rings is 2. The van der Waals surface area contributed by atoms with Crippen molar-refractivity contribution < 1.29 is 9.53 Å². The van der Waals surface area contributed by atoms with E-state index in [1.54, 1.807) is 13.0 Å². The first kappa shape index (κ1) is 14.1. The van der Waals surface area contributed by atoms with Gasteiger partial charge in [-0.25, -0.2) is 0 Å². The van der Waals surface area contributed by atoms with Crippen LogP contribution in [0.15, 0.2) is 48.5 Å². The molecule has 0 unspecified atom stereocenters. The minimum Gasteiger partial charge on any atom is -0.488 e. The zero-order chi connectivity index (χ0) is 14.5. The molecule has 3 nitrogen and oxygen atoms in total. The van der Waals surface area contributed by atoms with Gasteiger partial charge < -0.3 is 9.64 Å². The molecule has 0 atom stereocenters. The molecule has 2 aromatic carbocycles. The number of carbonyl (C=O) groups is 1. The minimum absolute atomic E-state index is 0.0172. The number of ether oxygens (including phenoxy) is 1. The van der Waals surface area contributed by atoms with Gasteiger partial charge >= 0.3 is 0 Å². The first-order valence-electron chi connectivity index (χ1n) is 6.57. The molecule has 0 bridgehead atoms. The quantitative estimate of drug-likeness (QED) is 0.778. The molecule has 2 rings (SSSR count). The van der Waals surface area contributed by atoms with Crippen LogP contribution in [0.2, 0.25) is 0 Å². The lowest BCUT2D eigenvalue weighted by Crippen LogP contribution is -2.08. The van der Waals surface area contributed by atoms with Crippen molar-refractivity contribution in [2.45, 2.75) is 13.5 Å². The minimum atomic E-state index is 0.0172. The van der Waals surface area contributed by atoms with E-state index in [1.807, 2.05) is 44.4 Å². The molecule has 0 saturated heterocycles. The molecule has 104 valence electrons. The molecule has 0 radical (unpaired) electrons. The number of hydrogen-bond acceptors (Lipinski definition) is 3. The summed E-state index contributed by atoms with van der Waals surface area (Å²) in [5.41, 5.74) is 2.85. The summed E-state index contributed by atoms with van der Waals surface area (Å²) >= 11 is 0. The van der Waals surface area contributed by atoms with E-state index in [4.69, 9.17) is 4.74 Å². The summed E-state index contributed by atoms with van der Waals surface area (Å²) in [5, 5.41) is 0. The van der Waals surface area contributed by atoms with Crippen LogP contribution in [0.3, 0.4) is 0 Å². The van der Waals surface area contributed by atoms with Crippen molar-refractivity contribution in [2.75, 3.05) is 19.0 Å². The van der Waals surface area contributed by atoms with E-state index < -0.39 is 0 Å². The highest BCUT2D eigenvalue weighted by atomic mass is 16.5. The van der Waals surface area contributed by atoms with Crippen molar-refractivity contribution in [1.82, 2.24) is 0 Å². The van der Waals surface area contributed by atoms with Gasteiger partial charge in [0, 0.05) is 19.8 Å². The Labute approximate surface area is 119 Å². The fourth-order valence-corrected chi connectivity index (χ4v) is 1.93. The van der Waals surface area contributed by atoms with Crippen LogP contribution >= 0.6 is 0 Å². The molecule has 0 aliphatic heterocycles. The molecule has 2 aromatic rings. The lowest BCUT2D eigenvalue weighted by Gasteiger charge is -2.13. The zero-order valence-corrected chi connectivity index (χ0v) is 12.1. The van der Waals surface area contributed by atoms with Gasteiger partial charge in [0.1, 0.15) is 12.4 Å². The standard InChI is InChI=1S/C17H19NO2/c1-13(19)16-6-4-5-7-17(16)20-12-14-8-10-15(11-9-14)18(2)3/h4-11H,12H2,1-3H3. The molecule has 0 aromatic heterocycles. The van der Waals surface area contributed by atoms with E-state index in [1.165, 1.54) is 0 Å². The molecule has 20 heavy (non-hydrogen) atoms. The Hall–Kier alpha value is -2.29. The second kappa shape index (κ2) is 6.24. The van der Waals surface area contributed by atoms with Crippen molar-refractivity contribution in [3.63, 3.8) is 0 Å². The number of Topliss-reactive ketones (excluding diaryl/α,β-unsaturated/α-hetero) is 1. The van der Waals surface area contributed by atoms with Crippen LogP contribution in [0, 0.1) is 0 Å². The highest BCUT2D eigenvalue weighted by Crippen LogP contribution is 2.20. The van der Waals surface area contributed by atoms with E-state index in [0.29, 0.717) is 17.9 Å². The van der Waals surface area contributed by atoms with Crippen molar-refractivity contribution in [3.05, 3.63) is 59.7 Å². The number of nitrogens with zero attached hydrogens (tertiary/aromatic N) is 1. The van der Waals surface area contributed by atoms with E-state index in [0.717, 1.165) is 11.3 Å². The van der Waals surface area contributed by atoms with Crippen molar-refractivity contribution in [2.24, 2.45) is 0 Å².